The maximum atomic E-state index is 12.8. The predicted molar refractivity (Wildman–Crippen MR) is 127 cm³/mol. The molecule has 1 aliphatic rings. The number of ether oxygens (including phenoxy) is 4. The van der Waals surface area contributed by atoms with Crippen molar-refractivity contribution in [2.24, 2.45) is 10.2 Å². The summed E-state index contributed by atoms with van der Waals surface area (Å²) >= 11 is 0. The third kappa shape index (κ3) is 5.46. The molecule has 4 amide bonds. The van der Waals surface area contributed by atoms with Gasteiger partial charge in [-0.25, -0.2) is 9.59 Å². The van der Waals surface area contributed by atoms with Crippen molar-refractivity contribution in [2.75, 3.05) is 39.1 Å². The van der Waals surface area contributed by atoms with Crippen LogP contribution in [0.3, 0.4) is 0 Å². The van der Waals surface area contributed by atoms with Crippen molar-refractivity contribution in [3.05, 3.63) is 36.4 Å². The van der Waals surface area contributed by atoms with Crippen LogP contribution in [0.2, 0.25) is 0 Å². The smallest absolute Gasteiger partial charge is 0.348 e. The van der Waals surface area contributed by atoms with Crippen LogP contribution in [0.4, 0.5) is 21.0 Å². The molecule has 1 heterocycles. The first-order valence-corrected chi connectivity index (χ1v) is 10.1. The summed E-state index contributed by atoms with van der Waals surface area (Å²) in [6.45, 7) is 3.10. The van der Waals surface area contributed by atoms with Gasteiger partial charge in [0.2, 0.25) is 0 Å². The van der Waals surface area contributed by atoms with Crippen LogP contribution in [0.1, 0.15) is 13.8 Å². The van der Waals surface area contributed by atoms with Gasteiger partial charge in [-0.1, -0.05) is 0 Å². The zero-order valence-corrected chi connectivity index (χ0v) is 19.7. The van der Waals surface area contributed by atoms with E-state index in [1.807, 2.05) is 0 Å². The predicted octanol–water partition coefficient (Wildman–Crippen LogP) is 3.77. The zero-order valence-electron chi connectivity index (χ0n) is 19.7. The van der Waals surface area contributed by atoms with E-state index in [9.17, 15) is 9.59 Å². The fourth-order valence-electron chi connectivity index (χ4n) is 3.02. The van der Waals surface area contributed by atoms with Gasteiger partial charge in [0.1, 0.15) is 23.0 Å². The molecule has 12 heteroatoms. The standard InChI is InChI=1S/C22H26N6O6/c1-13-25-28(22(30)24-16-9-19(33-5)12-20(10-16)34-6)14(2)26-27(13)21(29)23-15-7-17(31-3)11-18(8-15)32-4/h7-12H,1-6H3,(H,23,29)(H,24,30). The molecule has 0 aromatic heterocycles. The normalized spacial score (nSPS) is 12.9. The highest BCUT2D eigenvalue weighted by molar-refractivity contribution is 6.09. The van der Waals surface area contributed by atoms with Crippen molar-refractivity contribution in [3.63, 3.8) is 0 Å². The molecule has 0 fully saturated rings. The number of nitrogens with one attached hydrogen (secondary N) is 2. The monoisotopic (exact) mass is 470 g/mol. The fraction of sp³-hybridized carbons (Fsp3) is 0.273. The van der Waals surface area contributed by atoms with E-state index in [1.54, 1.807) is 50.2 Å². The van der Waals surface area contributed by atoms with Crippen LogP contribution in [0.5, 0.6) is 23.0 Å². The molecule has 2 N–H and O–H groups in total. The van der Waals surface area contributed by atoms with Crippen molar-refractivity contribution in [2.45, 2.75) is 13.8 Å². The highest BCUT2D eigenvalue weighted by atomic mass is 16.5. The number of anilines is 2. The summed E-state index contributed by atoms with van der Waals surface area (Å²) in [6.07, 6.45) is 0. The number of hydrazone groups is 2. The van der Waals surface area contributed by atoms with Crippen molar-refractivity contribution in [1.29, 1.82) is 0 Å². The molecular formula is C22H26N6O6. The lowest BCUT2D eigenvalue weighted by Crippen LogP contribution is -2.45. The van der Waals surface area contributed by atoms with Gasteiger partial charge in [-0.15, -0.1) is 10.2 Å². The first-order valence-electron chi connectivity index (χ1n) is 10.1. The van der Waals surface area contributed by atoms with Crippen LogP contribution in [0.25, 0.3) is 0 Å². The Hall–Kier alpha value is -4.48. The van der Waals surface area contributed by atoms with E-state index in [0.717, 1.165) is 10.0 Å². The summed E-state index contributed by atoms with van der Waals surface area (Å²) in [7, 11) is 6.04. The molecule has 2 aromatic rings. The molecule has 3 rings (SSSR count). The van der Waals surface area contributed by atoms with Gasteiger partial charge in [0.25, 0.3) is 0 Å². The molecule has 0 radical (unpaired) electrons. The number of hydrogen-bond acceptors (Lipinski definition) is 8. The Morgan fingerprint density at radius 1 is 0.618 bits per heavy atom. The topological polar surface area (TPSA) is 126 Å². The Morgan fingerprint density at radius 3 is 1.18 bits per heavy atom. The number of amidine groups is 2. The molecule has 34 heavy (non-hydrogen) atoms. The SMILES string of the molecule is COc1cc(NC(=O)N2N=C(C)N(C(=O)Nc3cc(OC)cc(OC)c3)N=C2C)cc(OC)c1. The summed E-state index contributed by atoms with van der Waals surface area (Å²) in [5.41, 5.74) is 0.878. The van der Waals surface area contributed by atoms with Gasteiger partial charge in [0.15, 0.2) is 11.7 Å². The van der Waals surface area contributed by atoms with E-state index in [2.05, 4.69) is 20.8 Å². The molecule has 180 valence electrons. The van der Waals surface area contributed by atoms with Gasteiger partial charge in [-0.2, -0.15) is 10.0 Å². The Kier molecular flexibility index (Phi) is 7.41. The van der Waals surface area contributed by atoms with Crippen molar-refractivity contribution in [1.82, 2.24) is 10.0 Å². The number of benzene rings is 2. The van der Waals surface area contributed by atoms with Crippen LogP contribution < -0.4 is 29.6 Å². The van der Waals surface area contributed by atoms with Gasteiger partial charge in [-0.3, -0.25) is 0 Å². The van der Waals surface area contributed by atoms with Crippen LogP contribution in [-0.4, -0.2) is 62.2 Å². The Morgan fingerprint density at radius 2 is 0.912 bits per heavy atom. The maximum Gasteiger partial charge on any atom is 0.348 e. The lowest BCUT2D eigenvalue weighted by molar-refractivity contribution is 0.223. The first kappa shape index (κ1) is 24.2. The minimum absolute atomic E-state index is 0.177. The van der Waals surface area contributed by atoms with Crippen LogP contribution in [-0.2, 0) is 0 Å². The summed E-state index contributed by atoms with van der Waals surface area (Å²) in [5.74, 6) is 2.39. The highest BCUT2D eigenvalue weighted by Crippen LogP contribution is 2.27. The maximum absolute atomic E-state index is 12.8. The zero-order chi connectivity index (χ0) is 24.8. The summed E-state index contributed by atoms with van der Waals surface area (Å²) in [5, 5.41) is 16.0. The highest BCUT2D eigenvalue weighted by Gasteiger charge is 2.27. The Labute approximate surface area is 196 Å². The molecule has 0 atom stereocenters. The Balaban J connectivity index is 1.75. The van der Waals surface area contributed by atoms with Crippen LogP contribution >= 0.6 is 0 Å². The molecule has 0 spiro atoms. The lowest BCUT2D eigenvalue weighted by Gasteiger charge is -2.27. The second-order valence-corrected chi connectivity index (χ2v) is 6.98. The van der Waals surface area contributed by atoms with Crippen LogP contribution in [0.15, 0.2) is 46.6 Å². The number of hydrogen-bond donors (Lipinski definition) is 2. The number of rotatable bonds is 6. The second-order valence-electron chi connectivity index (χ2n) is 6.98. The Bertz CT molecular complexity index is 1010. The van der Waals surface area contributed by atoms with Crippen LogP contribution in [0, 0.1) is 0 Å². The van der Waals surface area contributed by atoms with Gasteiger partial charge < -0.3 is 29.6 Å². The summed E-state index contributed by atoms with van der Waals surface area (Å²) < 4.78 is 20.9. The van der Waals surface area contributed by atoms with E-state index >= 15 is 0 Å². The molecule has 0 saturated heterocycles. The van der Waals surface area contributed by atoms with E-state index in [1.165, 1.54) is 28.4 Å². The third-order valence-corrected chi connectivity index (χ3v) is 4.69. The second kappa shape index (κ2) is 10.4. The first-order chi connectivity index (χ1) is 16.3. The van der Waals surface area contributed by atoms with Gasteiger partial charge in [-0.05, 0) is 13.8 Å². The number of carbonyl (C=O) groups is 2. The van der Waals surface area contributed by atoms with E-state index in [4.69, 9.17) is 18.9 Å². The van der Waals surface area contributed by atoms with E-state index < -0.39 is 12.1 Å². The minimum Gasteiger partial charge on any atom is -0.497 e. The molecule has 0 saturated carbocycles. The van der Waals surface area contributed by atoms with Crippen molar-refractivity contribution >= 4 is 35.1 Å². The minimum atomic E-state index is -0.575. The average Bonchev–Trinajstić information content (AvgIpc) is 2.84. The largest absolute Gasteiger partial charge is 0.497 e. The molecule has 0 bridgehead atoms. The molecule has 0 unspecified atom stereocenters. The molecule has 0 aliphatic carbocycles. The molecule has 1 aliphatic heterocycles. The fourth-order valence-corrected chi connectivity index (χ4v) is 3.02. The number of amides is 4. The number of methoxy groups -OCH3 is 4. The van der Waals surface area contributed by atoms with E-state index in [-0.39, 0.29) is 11.7 Å². The van der Waals surface area contributed by atoms with Gasteiger partial charge in [0.05, 0.1) is 28.4 Å². The molecule has 12 nitrogen and oxygen atoms in total. The van der Waals surface area contributed by atoms with E-state index in [0.29, 0.717) is 34.4 Å². The van der Waals surface area contributed by atoms with Crippen molar-refractivity contribution in [3.8, 4) is 23.0 Å². The molecule has 2 aromatic carbocycles. The lowest BCUT2D eigenvalue weighted by atomic mass is 10.3. The number of urea groups is 2. The van der Waals surface area contributed by atoms with Gasteiger partial charge in [0, 0.05) is 47.8 Å². The summed E-state index contributed by atoms with van der Waals surface area (Å²) in [4.78, 5) is 25.7. The summed E-state index contributed by atoms with van der Waals surface area (Å²) in [6, 6.07) is 8.75. The quantitative estimate of drug-likeness (QED) is 0.662. The van der Waals surface area contributed by atoms with Crippen molar-refractivity contribution < 1.29 is 28.5 Å². The average molecular weight is 470 g/mol. The van der Waals surface area contributed by atoms with Gasteiger partial charge >= 0.3 is 12.1 Å². The molecular weight excluding hydrogens is 444 g/mol. The number of nitrogens with zero attached hydrogens (tertiary/aromatic N) is 4. The third-order valence-electron chi connectivity index (χ3n) is 4.69. The number of carbonyl (C=O) groups excluding carboxylic acids is 2.